The van der Waals surface area contributed by atoms with E-state index in [1.807, 2.05) is 18.2 Å². The van der Waals surface area contributed by atoms with E-state index in [9.17, 15) is 4.79 Å². The van der Waals surface area contributed by atoms with Gasteiger partial charge in [-0.3, -0.25) is 4.79 Å². The normalized spacial score (nSPS) is 19.9. The standard InChI is InChI=1S/C21H32N2O4/c1-15(2)13-26-19-10-9-17(11-20(19)25-4)12-22-27-14-21(24)23-18-8-6-5-7-16(18)3/h9-12,15-16,18H,5-8,13-14H2,1-4H3,(H,23,24)/b22-12-/t16-,18-/m1/s1. The molecule has 1 amide bonds. The molecule has 150 valence electrons. The second kappa shape index (κ2) is 10.8. The second-order valence-electron chi connectivity index (χ2n) is 7.56. The van der Waals surface area contributed by atoms with Crippen LogP contribution in [0, 0.1) is 11.8 Å². The maximum Gasteiger partial charge on any atom is 0.261 e. The number of nitrogens with one attached hydrogen (secondary N) is 1. The molecule has 1 aliphatic carbocycles. The average Bonchev–Trinajstić information content (AvgIpc) is 2.65. The van der Waals surface area contributed by atoms with E-state index in [0.29, 0.717) is 29.9 Å². The molecular formula is C21H32N2O4. The number of hydrogen-bond acceptors (Lipinski definition) is 5. The molecule has 0 heterocycles. The quantitative estimate of drug-likeness (QED) is 0.526. The van der Waals surface area contributed by atoms with E-state index in [-0.39, 0.29) is 18.6 Å². The Balaban J connectivity index is 1.80. The number of hydrogen-bond donors (Lipinski definition) is 1. The molecule has 1 aromatic rings. The van der Waals surface area contributed by atoms with Crippen molar-refractivity contribution >= 4 is 12.1 Å². The molecule has 6 nitrogen and oxygen atoms in total. The van der Waals surface area contributed by atoms with Crippen molar-refractivity contribution in [2.24, 2.45) is 17.0 Å². The van der Waals surface area contributed by atoms with Gasteiger partial charge in [0, 0.05) is 11.6 Å². The summed E-state index contributed by atoms with van der Waals surface area (Å²) in [4.78, 5) is 17.1. The maximum absolute atomic E-state index is 12.0. The van der Waals surface area contributed by atoms with Gasteiger partial charge in [0.2, 0.25) is 0 Å². The smallest absolute Gasteiger partial charge is 0.261 e. The van der Waals surface area contributed by atoms with Crippen molar-refractivity contribution in [1.82, 2.24) is 5.32 Å². The van der Waals surface area contributed by atoms with Crippen LogP contribution in [0.2, 0.25) is 0 Å². The molecule has 2 atom stereocenters. The lowest BCUT2D eigenvalue weighted by Crippen LogP contribution is -2.42. The first-order valence-corrected chi connectivity index (χ1v) is 9.75. The van der Waals surface area contributed by atoms with Crippen LogP contribution in [0.3, 0.4) is 0 Å². The summed E-state index contributed by atoms with van der Waals surface area (Å²) in [5.41, 5.74) is 0.810. The molecule has 0 unspecified atom stereocenters. The molecule has 27 heavy (non-hydrogen) atoms. The van der Waals surface area contributed by atoms with Crippen LogP contribution in [0.1, 0.15) is 52.0 Å². The van der Waals surface area contributed by atoms with Gasteiger partial charge in [-0.05, 0) is 42.9 Å². The topological polar surface area (TPSA) is 69.2 Å². The Morgan fingerprint density at radius 1 is 1.30 bits per heavy atom. The van der Waals surface area contributed by atoms with Crippen molar-refractivity contribution in [1.29, 1.82) is 0 Å². The lowest BCUT2D eigenvalue weighted by molar-refractivity contribution is -0.126. The molecule has 6 heteroatoms. The average molecular weight is 376 g/mol. The highest BCUT2D eigenvalue weighted by Crippen LogP contribution is 2.28. The fourth-order valence-electron chi connectivity index (χ4n) is 3.11. The predicted molar refractivity (Wildman–Crippen MR) is 106 cm³/mol. The molecule has 1 aromatic carbocycles. The SMILES string of the molecule is COc1cc(/C=N\OCC(=O)N[C@@H]2CCCC[C@H]2C)ccc1OCC(C)C. The first-order valence-electron chi connectivity index (χ1n) is 9.75. The van der Waals surface area contributed by atoms with Crippen LogP contribution in [0.4, 0.5) is 0 Å². The molecule has 1 aliphatic rings. The fraction of sp³-hybridized carbons (Fsp3) is 0.619. The molecule has 0 aromatic heterocycles. The summed E-state index contributed by atoms with van der Waals surface area (Å²) in [5.74, 6) is 2.18. The van der Waals surface area contributed by atoms with Crippen LogP contribution in [0.15, 0.2) is 23.4 Å². The number of rotatable bonds is 9. The van der Waals surface area contributed by atoms with Crippen LogP contribution in [0.25, 0.3) is 0 Å². The predicted octanol–water partition coefficient (Wildman–Crippen LogP) is 3.78. The van der Waals surface area contributed by atoms with Gasteiger partial charge < -0.3 is 19.6 Å². The molecule has 2 rings (SSSR count). The van der Waals surface area contributed by atoms with Crippen molar-refractivity contribution in [2.75, 3.05) is 20.3 Å². The van der Waals surface area contributed by atoms with Gasteiger partial charge in [-0.2, -0.15) is 0 Å². The number of benzene rings is 1. The van der Waals surface area contributed by atoms with Crippen molar-refractivity contribution in [3.8, 4) is 11.5 Å². The monoisotopic (exact) mass is 376 g/mol. The van der Waals surface area contributed by atoms with Gasteiger partial charge in [-0.15, -0.1) is 0 Å². The lowest BCUT2D eigenvalue weighted by atomic mass is 9.86. The zero-order chi connectivity index (χ0) is 19.6. The van der Waals surface area contributed by atoms with Crippen LogP contribution in [-0.2, 0) is 9.63 Å². The zero-order valence-electron chi connectivity index (χ0n) is 16.9. The molecule has 0 saturated heterocycles. The third-order valence-corrected chi connectivity index (χ3v) is 4.69. The molecular weight excluding hydrogens is 344 g/mol. The molecule has 1 N–H and O–H groups in total. The minimum absolute atomic E-state index is 0.0769. The van der Waals surface area contributed by atoms with E-state index in [4.69, 9.17) is 14.3 Å². The van der Waals surface area contributed by atoms with E-state index in [1.165, 1.54) is 19.3 Å². The molecule has 1 fully saturated rings. The summed E-state index contributed by atoms with van der Waals surface area (Å²) in [5, 5.41) is 6.93. The summed E-state index contributed by atoms with van der Waals surface area (Å²) in [7, 11) is 1.60. The van der Waals surface area contributed by atoms with E-state index >= 15 is 0 Å². The van der Waals surface area contributed by atoms with Crippen LogP contribution < -0.4 is 14.8 Å². The first kappa shape index (κ1) is 21.1. The number of carbonyl (C=O) groups excluding carboxylic acids is 1. The Morgan fingerprint density at radius 2 is 2.07 bits per heavy atom. The molecule has 1 saturated carbocycles. The van der Waals surface area contributed by atoms with E-state index < -0.39 is 0 Å². The van der Waals surface area contributed by atoms with Crippen LogP contribution in [0.5, 0.6) is 11.5 Å². The third-order valence-electron chi connectivity index (χ3n) is 4.69. The number of methoxy groups -OCH3 is 1. The van der Waals surface area contributed by atoms with Crippen LogP contribution in [-0.4, -0.2) is 38.5 Å². The van der Waals surface area contributed by atoms with Crippen molar-refractivity contribution in [2.45, 2.75) is 52.5 Å². The Kier molecular flexibility index (Phi) is 8.43. The summed E-state index contributed by atoms with van der Waals surface area (Å²) < 4.78 is 11.1. The minimum Gasteiger partial charge on any atom is -0.493 e. The largest absolute Gasteiger partial charge is 0.493 e. The number of carbonyl (C=O) groups is 1. The molecule has 0 aliphatic heterocycles. The highest BCUT2D eigenvalue weighted by molar-refractivity contribution is 5.81. The highest BCUT2D eigenvalue weighted by atomic mass is 16.6. The summed E-state index contributed by atoms with van der Waals surface area (Å²) in [6.07, 6.45) is 6.20. The molecule has 0 bridgehead atoms. The van der Waals surface area contributed by atoms with E-state index in [1.54, 1.807) is 13.3 Å². The van der Waals surface area contributed by atoms with Gasteiger partial charge >= 0.3 is 0 Å². The zero-order valence-corrected chi connectivity index (χ0v) is 16.9. The van der Waals surface area contributed by atoms with Crippen molar-refractivity contribution in [3.05, 3.63) is 23.8 Å². The summed E-state index contributed by atoms with van der Waals surface area (Å²) in [6, 6.07) is 5.79. The number of amides is 1. The fourth-order valence-corrected chi connectivity index (χ4v) is 3.11. The Hall–Kier alpha value is -2.24. The Bertz CT molecular complexity index is 631. The van der Waals surface area contributed by atoms with Crippen molar-refractivity contribution in [3.63, 3.8) is 0 Å². The highest BCUT2D eigenvalue weighted by Gasteiger charge is 2.22. The summed E-state index contributed by atoms with van der Waals surface area (Å²) in [6.45, 7) is 6.92. The molecule has 0 spiro atoms. The van der Waals surface area contributed by atoms with Gasteiger partial charge in [-0.1, -0.05) is 38.8 Å². The van der Waals surface area contributed by atoms with Gasteiger partial charge in [0.1, 0.15) is 0 Å². The first-order chi connectivity index (χ1) is 13.0. The van der Waals surface area contributed by atoms with Gasteiger partial charge in [0.05, 0.1) is 19.9 Å². The van der Waals surface area contributed by atoms with E-state index in [0.717, 1.165) is 12.0 Å². The van der Waals surface area contributed by atoms with Gasteiger partial charge in [-0.25, -0.2) is 0 Å². The number of ether oxygens (including phenoxy) is 2. The second-order valence-corrected chi connectivity index (χ2v) is 7.56. The maximum atomic E-state index is 12.0. The van der Waals surface area contributed by atoms with Gasteiger partial charge in [0.15, 0.2) is 18.1 Å². The van der Waals surface area contributed by atoms with Crippen molar-refractivity contribution < 1.29 is 19.1 Å². The Labute approximate surface area is 162 Å². The van der Waals surface area contributed by atoms with E-state index in [2.05, 4.69) is 31.2 Å². The minimum atomic E-state index is -0.124. The lowest BCUT2D eigenvalue weighted by Gasteiger charge is -2.29. The summed E-state index contributed by atoms with van der Waals surface area (Å²) >= 11 is 0. The number of oxime groups is 1. The van der Waals surface area contributed by atoms with Crippen LogP contribution >= 0.6 is 0 Å². The number of nitrogens with zero attached hydrogens (tertiary/aromatic N) is 1. The third kappa shape index (κ3) is 7.12. The Morgan fingerprint density at radius 3 is 2.78 bits per heavy atom. The van der Waals surface area contributed by atoms with Gasteiger partial charge in [0.25, 0.3) is 5.91 Å². The molecule has 0 radical (unpaired) electrons.